The summed E-state index contributed by atoms with van der Waals surface area (Å²) in [6.07, 6.45) is 5.19. The number of aromatic nitrogens is 2. The highest BCUT2D eigenvalue weighted by molar-refractivity contribution is 9.10. The van der Waals surface area contributed by atoms with Crippen LogP contribution >= 0.6 is 15.9 Å². The van der Waals surface area contributed by atoms with Crippen molar-refractivity contribution in [2.45, 2.75) is 12.5 Å². The number of hydrogen-bond donors (Lipinski definition) is 2. The molecule has 0 unspecified atom stereocenters. The summed E-state index contributed by atoms with van der Waals surface area (Å²) in [5.41, 5.74) is 2.27. The van der Waals surface area contributed by atoms with Crippen LogP contribution in [0.1, 0.15) is 15.9 Å². The SMILES string of the molecule is COC(=O)[C@H](Cc1c[nH]c2ccccc12)NC(=O)c1cncc(Br)c1. The molecule has 1 aromatic carbocycles. The van der Waals surface area contributed by atoms with Gasteiger partial charge in [0.15, 0.2) is 0 Å². The number of amides is 1. The van der Waals surface area contributed by atoms with Gasteiger partial charge >= 0.3 is 5.97 Å². The number of nitrogens with zero attached hydrogens (tertiary/aromatic N) is 1. The van der Waals surface area contributed by atoms with Gasteiger partial charge in [0, 0.05) is 40.4 Å². The highest BCUT2D eigenvalue weighted by Crippen LogP contribution is 2.19. The van der Waals surface area contributed by atoms with Crippen LogP contribution < -0.4 is 5.32 Å². The lowest BCUT2D eigenvalue weighted by molar-refractivity contribution is -0.142. The minimum Gasteiger partial charge on any atom is -0.467 e. The number of para-hydroxylation sites is 1. The van der Waals surface area contributed by atoms with Gasteiger partial charge in [0.25, 0.3) is 5.91 Å². The third-order valence-electron chi connectivity index (χ3n) is 3.86. The van der Waals surface area contributed by atoms with Crippen molar-refractivity contribution in [3.8, 4) is 0 Å². The predicted molar refractivity (Wildman–Crippen MR) is 97.2 cm³/mol. The lowest BCUT2D eigenvalue weighted by Gasteiger charge is -2.16. The Morgan fingerprint density at radius 1 is 1.32 bits per heavy atom. The van der Waals surface area contributed by atoms with E-state index in [9.17, 15) is 9.59 Å². The van der Waals surface area contributed by atoms with Gasteiger partial charge in [-0.05, 0) is 33.6 Å². The monoisotopic (exact) mass is 401 g/mol. The molecule has 128 valence electrons. The zero-order chi connectivity index (χ0) is 17.8. The van der Waals surface area contributed by atoms with E-state index in [0.29, 0.717) is 16.5 Å². The number of pyridine rings is 1. The Labute approximate surface area is 152 Å². The molecule has 0 aliphatic heterocycles. The molecule has 0 aliphatic rings. The molecule has 0 saturated heterocycles. The Bertz CT molecular complexity index is 923. The van der Waals surface area contributed by atoms with Gasteiger partial charge in [-0.3, -0.25) is 9.78 Å². The first kappa shape index (κ1) is 17.2. The van der Waals surface area contributed by atoms with Gasteiger partial charge in [0.1, 0.15) is 6.04 Å². The topological polar surface area (TPSA) is 84.1 Å². The number of hydrogen-bond acceptors (Lipinski definition) is 4. The number of rotatable bonds is 5. The van der Waals surface area contributed by atoms with E-state index < -0.39 is 12.0 Å². The van der Waals surface area contributed by atoms with Crippen LogP contribution in [0.25, 0.3) is 10.9 Å². The van der Waals surface area contributed by atoms with Gasteiger partial charge in [-0.2, -0.15) is 0 Å². The van der Waals surface area contributed by atoms with Crippen LogP contribution in [0.4, 0.5) is 0 Å². The van der Waals surface area contributed by atoms with Crippen molar-refractivity contribution in [3.63, 3.8) is 0 Å². The number of H-pyrrole nitrogens is 1. The molecule has 0 aliphatic carbocycles. The van der Waals surface area contributed by atoms with E-state index in [1.54, 1.807) is 12.3 Å². The minimum atomic E-state index is -0.796. The number of aromatic amines is 1. The van der Waals surface area contributed by atoms with Crippen LogP contribution in [0.15, 0.2) is 53.4 Å². The zero-order valence-electron chi connectivity index (χ0n) is 13.5. The summed E-state index contributed by atoms with van der Waals surface area (Å²) in [6.45, 7) is 0. The quantitative estimate of drug-likeness (QED) is 0.643. The summed E-state index contributed by atoms with van der Waals surface area (Å²) in [6, 6.07) is 8.63. The van der Waals surface area contributed by atoms with Gasteiger partial charge in [0.2, 0.25) is 0 Å². The average molecular weight is 402 g/mol. The molecular weight excluding hydrogens is 386 g/mol. The second kappa shape index (κ2) is 7.48. The molecule has 0 fully saturated rings. The molecule has 2 heterocycles. The second-order valence-electron chi connectivity index (χ2n) is 5.50. The standard InChI is InChI=1S/C18H16BrN3O3/c1-25-18(24)16(22-17(23)12-6-13(19)10-20-8-12)7-11-9-21-15-5-3-2-4-14(11)15/h2-6,8-10,16,21H,7H2,1H3,(H,22,23)/t16-/m0/s1. The maximum Gasteiger partial charge on any atom is 0.328 e. The lowest BCUT2D eigenvalue weighted by Crippen LogP contribution is -2.43. The van der Waals surface area contributed by atoms with Gasteiger partial charge in [-0.25, -0.2) is 4.79 Å². The van der Waals surface area contributed by atoms with Crippen molar-refractivity contribution in [1.29, 1.82) is 0 Å². The van der Waals surface area contributed by atoms with Gasteiger partial charge in [0.05, 0.1) is 12.7 Å². The fraction of sp³-hybridized carbons (Fsp3) is 0.167. The highest BCUT2D eigenvalue weighted by Gasteiger charge is 2.24. The number of esters is 1. The molecular formula is C18H16BrN3O3. The molecule has 1 amide bonds. The lowest BCUT2D eigenvalue weighted by atomic mass is 10.0. The number of carbonyl (C=O) groups is 2. The first-order valence-corrected chi connectivity index (χ1v) is 8.42. The number of ether oxygens (including phenoxy) is 1. The molecule has 3 aromatic rings. The van der Waals surface area contributed by atoms with Crippen molar-refractivity contribution in [3.05, 3.63) is 64.5 Å². The summed E-state index contributed by atoms with van der Waals surface area (Å²) in [4.78, 5) is 31.7. The number of carbonyl (C=O) groups excluding carboxylic acids is 2. The van der Waals surface area contributed by atoms with Crippen molar-refractivity contribution in [2.24, 2.45) is 0 Å². The summed E-state index contributed by atoms with van der Waals surface area (Å²) in [5.74, 6) is -0.884. The first-order chi connectivity index (χ1) is 12.1. The number of nitrogens with one attached hydrogen (secondary N) is 2. The van der Waals surface area contributed by atoms with E-state index >= 15 is 0 Å². The van der Waals surface area contributed by atoms with E-state index in [1.165, 1.54) is 13.3 Å². The molecule has 0 saturated carbocycles. The molecule has 3 rings (SSSR count). The fourth-order valence-electron chi connectivity index (χ4n) is 2.63. The number of fused-ring (bicyclic) bond motifs is 1. The molecule has 1 atom stereocenters. The largest absolute Gasteiger partial charge is 0.467 e. The van der Waals surface area contributed by atoms with Crippen LogP contribution in [0.5, 0.6) is 0 Å². The molecule has 0 spiro atoms. The Morgan fingerprint density at radius 3 is 2.88 bits per heavy atom. The zero-order valence-corrected chi connectivity index (χ0v) is 15.0. The van der Waals surface area contributed by atoms with Crippen LogP contribution in [0.3, 0.4) is 0 Å². The van der Waals surface area contributed by atoms with E-state index in [4.69, 9.17) is 4.74 Å². The summed E-state index contributed by atoms with van der Waals surface area (Å²) < 4.78 is 5.53. The summed E-state index contributed by atoms with van der Waals surface area (Å²) in [5, 5.41) is 3.74. The molecule has 25 heavy (non-hydrogen) atoms. The van der Waals surface area contributed by atoms with E-state index in [1.807, 2.05) is 30.5 Å². The molecule has 6 nitrogen and oxygen atoms in total. The van der Waals surface area contributed by atoms with Crippen molar-refractivity contribution in [2.75, 3.05) is 7.11 Å². The maximum atomic E-state index is 12.4. The Hall–Kier alpha value is -2.67. The fourth-order valence-corrected chi connectivity index (χ4v) is 3.00. The smallest absolute Gasteiger partial charge is 0.328 e. The van der Waals surface area contributed by atoms with Crippen molar-refractivity contribution in [1.82, 2.24) is 15.3 Å². The minimum absolute atomic E-state index is 0.323. The predicted octanol–water partition coefficient (Wildman–Crippen LogP) is 2.84. The van der Waals surface area contributed by atoms with Crippen LogP contribution in [-0.2, 0) is 16.0 Å². The first-order valence-electron chi connectivity index (χ1n) is 7.62. The molecule has 0 bridgehead atoms. The number of methoxy groups -OCH3 is 1. The highest BCUT2D eigenvalue weighted by atomic mass is 79.9. The molecule has 7 heteroatoms. The van der Waals surface area contributed by atoms with Crippen LogP contribution in [0.2, 0.25) is 0 Å². The second-order valence-corrected chi connectivity index (χ2v) is 6.42. The maximum absolute atomic E-state index is 12.4. The van der Waals surface area contributed by atoms with Crippen LogP contribution in [0, 0.1) is 0 Å². The van der Waals surface area contributed by atoms with E-state index in [2.05, 4.69) is 31.2 Å². The Morgan fingerprint density at radius 2 is 2.12 bits per heavy atom. The van der Waals surface area contributed by atoms with Crippen molar-refractivity contribution >= 4 is 38.7 Å². The molecule has 2 N–H and O–H groups in total. The summed E-state index contributed by atoms with van der Waals surface area (Å²) in [7, 11) is 1.30. The number of benzene rings is 1. The normalized spacial score (nSPS) is 11.9. The number of halogens is 1. The van der Waals surface area contributed by atoms with Crippen molar-refractivity contribution < 1.29 is 14.3 Å². The third-order valence-corrected chi connectivity index (χ3v) is 4.29. The van der Waals surface area contributed by atoms with Gasteiger partial charge < -0.3 is 15.0 Å². The van der Waals surface area contributed by atoms with E-state index in [-0.39, 0.29) is 5.91 Å². The molecule has 2 aromatic heterocycles. The van der Waals surface area contributed by atoms with E-state index in [0.717, 1.165) is 16.5 Å². The molecule has 0 radical (unpaired) electrons. The Balaban J connectivity index is 1.83. The van der Waals surface area contributed by atoms with Crippen LogP contribution in [-0.4, -0.2) is 35.0 Å². The third kappa shape index (κ3) is 3.88. The van der Waals surface area contributed by atoms with Gasteiger partial charge in [-0.15, -0.1) is 0 Å². The summed E-state index contributed by atoms with van der Waals surface area (Å²) >= 11 is 3.28. The average Bonchev–Trinajstić information content (AvgIpc) is 3.03. The van der Waals surface area contributed by atoms with Gasteiger partial charge in [-0.1, -0.05) is 18.2 Å². The Kier molecular flexibility index (Phi) is 5.14.